The number of aryl methyl sites for hydroxylation is 1. The summed E-state index contributed by atoms with van der Waals surface area (Å²) in [5.74, 6) is 0.998. The molecule has 0 saturated heterocycles. The summed E-state index contributed by atoms with van der Waals surface area (Å²) in [7, 11) is -4.23. The smallest absolute Gasteiger partial charge is 0.268 e. The van der Waals surface area contributed by atoms with Gasteiger partial charge in [-0.05, 0) is 35.9 Å². The molecule has 9 heteroatoms. The molecule has 0 aliphatic heterocycles. The van der Waals surface area contributed by atoms with Crippen molar-refractivity contribution in [1.82, 2.24) is 4.72 Å². The Labute approximate surface area is 156 Å². The average Bonchev–Trinajstić information content (AvgIpc) is 2.60. The van der Waals surface area contributed by atoms with Gasteiger partial charge in [0, 0.05) is 23.4 Å². The fourth-order valence-electron chi connectivity index (χ4n) is 2.20. The highest BCUT2D eigenvalue weighted by Gasteiger charge is 2.23. The quantitative estimate of drug-likeness (QED) is 0.570. The first kappa shape index (κ1) is 19.9. The lowest BCUT2D eigenvalue weighted by Gasteiger charge is -2.10. The minimum atomic E-state index is -4.23. The van der Waals surface area contributed by atoms with Gasteiger partial charge in [-0.2, -0.15) is 11.8 Å². The Morgan fingerprint density at radius 2 is 1.85 bits per heavy atom. The number of nitrogens with one attached hydrogen (secondary N) is 1. The second-order valence-corrected chi connectivity index (χ2v) is 8.40. The minimum Gasteiger partial charge on any atom is -0.268 e. The zero-order chi connectivity index (χ0) is 19.3. The second-order valence-electron chi connectivity index (χ2n) is 5.48. The summed E-state index contributed by atoms with van der Waals surface area (Å²) in [5, 5.41) is 10.9. The average molecular weight is 394 g/mol. The number of hydrogen-bond acceptors (Lipinski definition) is 6. The van der Waals surface area contributed by atoms with Crippen LogP contribution in [0.4, 0.5) is 5.69 Å². The maximum Gasteiger partial charge on any atom is 0.270 e. The van der Waals surface area contributed by atoms with Crippen molar-refractivity contribution in [3.63, 3.8) is 0 Å². The molecule has 138 valence electrons. The van der Waals surface area contributed by atoms with E-state index in [0.717, 1.165) is 23.1 Å². The van der Waals surface area contributed by atoms with Crippen molar-refractivity contribution in [1.29, 1.82) is 0 Å². The van der Waals surface area contributed by atoms with Gasteiger partial charge in [0.25, 0.3) is 21.6 Å². The first-order chi connectivity index (χ1) is 12.2. The monoisotopic (exact) mass is 394 g/mol. The van der Waals surface area contributed by atoms with Crippen LogP contribution in [0.2, 0.25) is 0 Å². The van der Waals surface area contributed by atoms with E-state index in [1.54, 1.807) is 36.0 Å². The third-order valence-corrected chi connectivity index (χ3v) is 6.01. The Hall–Kier alpha value is -2.39. The van der Waals surface area contributed by atoms with E-state index in [9.17, 15) is 23.3 Å². The lowest BCUT2D eigenvalue weighted by Crippen LogP contribution is -2.31. The number of non-ortho nitro benzene ring substituents is 1. The van der Waals surface area contributed by atoms with Crippen molar-refractivity contribution >= 4 is 33.4 Å². The van der Waals surface area contributed by atoms with Crippen LogP contribution in [0, 0.1) is 17.0 Å². The molecule has 0 aliphatic rings. The summed E-state index contributed by atoms with van der Waals surface area (Å²) in [6, 6.07) is 10.1. The first-order valence-corrected chi connectivity index (χ1v) is 10.4. The summed E-state index contributed by atoms with van der Waals surface area (Å²) >= 11 is 1.74. The van der Waals surface area contributed by atoms with E-state index in [1.807, 2.05) is 11.6 Å². The van der Waals surface area contributed by atoms with Gasteiger partial charge in [-0.15, -0.1) is 0 Å². The van der Waals surface area contributed by atoms with Gasteiger partial charge in [0.05, 0.1) is 9.82 Å². The Balaban J connectivity index is 2.22. The van der Waals surface area contributed by atoms with Crippen LogP contribution in [0.15, 0.2) is 47.4 Å². The van der Waals surface area contributed by atoms with Gasteiger partial charge in [-0.1, -0.05) is 25.1 Å². The number of carbonyl (C=O) groups is 1. The molecule has 2 aromatic carbocycles. The van der Waals surface area contributed by atoms with Gasteiger partial charge >= 0.3 is 0 Å². The van der Waals surface area contributed by atoms with Crippen LogP contribution in [0.3, 0.4) is 0 Å². The summed E-state index contributed by atoms with van der Waals surface area (Å²) < 4.78 is 26.9. The van der Waals surface area contributed by atoms with Gasteiger partial charge < -0.3 is 0 Å². The van der Waals surface area contributed by atoms with E-state index in [0.29, 0.717) is 5.56 Å². The predicted molar refractivity (Wildman–Crippen MR) is 101 cm³/mol. The Morgan fingerprint density at radius 1 is 1.19 bits per heavy atom. The normalized spacial score (nSPS) is 11.2. The lowest BCUT2D eigenvalue weighted by atomic mass is 10.1. The summed E-state index contributed by atoms with van der Waals surface area (Å²) in [4.78, 5) is 22.1. The van der Waals surface area contributed by atoms with Gasteiger partial charge in [0.2, 0.25) is 0 Å². The Morgan fingerprint density at radius 3 is 2.42 bits per heavy atom. The van der Waals surface area contributed by atoms with E-state index in [2.05, 4.69) is 0 Å². The lowest BCUT2D eigenvalue weighted by molar-refractivity contribution is -0.385. The van der Waals surface area contributed by atoms with Crippen molar-refractivity contribution in [3.8, 4) is 0 Å². The molecule has 0 radical (unpaired) electrons. The van der Waals surface area contributed by atoms with E-state index < -0.39 is 20.9 Å². The second kappa shape index (κ2) is 8.33. The van der Waals surface area contributed by atoms with Crippen LogP contribution in [-0.4, -0.2) is 25.0 Å². The number of benzene rings is 2. The summed E-state index contributed by atoms with van der Waals surface area (Å²) in [6.45, 7) is 3.55. The van der Waals surface area contributed by atoms with Crippen molar-refractivity contribution in [2.75, 3.05) is 5.75 Å². The molecule has 0 heterocycles. The number of carbonyl (C=O) groups excluding carboxylic acids is 1. The van der Waals surface area contributed by atoms with Crippen molar-refractivity contribution < 1.29 is 18.1 Å². The zero-order valence-corrected chi connectivity index (χ0v) is 15.9. The van der Waals surface area contributed by atoms with Crippen LogP contribution < -0.4 is 4.72 Å². The topological polar surface area (TPSA) is 106 Å². The largest absolute Gasteiger partial charge is 0.270 e. The van der Waals surface area contributed by atoms with E-state index in [-0.39, 0.29) is 16.1 Å². The highest BCUT2D eigenvalue weighted by molar-refractivity contribution is 7.98. The number of nitrogens with zero attached hydrogens (tertiary/aromatic N) is 1. The number of sulfonamides is 1. The molecule has 2 aromatic rings. The Kier molecular flexibility index (Phi) is 6.38. The fourth-order valence-corrected chi connectivity index (χ4v) is 4.07. The molecule has 0 atom stereocenters. The predicted octanol–water partition coefficient (Wildman–Crippen LogP) is 3.28. The van der Waals surface area contributed by atoms with Crippen molar-refractivity contribution in [2.45, 2.75) is 24.5 Å². The van der Waals surface area contributed by atoms with Gasteiger partial charge in [-0.25, -0.2) is 13.1 Å². The molecule has 0 bridgehead atoms. The molecule has 0 unspecified atom stereocenters. The van der Waals surface area contributed by atoms with E-state index >= 15 is 0 Å². The molecular formula is C17H18N2O5S2. The van der Waals surface area contributed by atoms with Crippen LogP contribution in [0.25, 0.3) is 0 Å². The molecule has 0 spiro atoms. The number of thioether (sulfide) groups is 1. The number of amides is 1. The molecule has 0 fully saturated rings. The third kappa shape index (κ3) is 4.83. The molecule has 0 aliphatic carbocycles. The van der Waals surface area contributed by atoms with E-state index in [4.69, 9.17) is 0 Å². The molecule has 7 nitrogen and oxygen atoms in total. The van der Waals surface area contributed by atoms with Crippen LogP contribution in [0.1, 0.15) is 28.4 Å². The van der Waals surface area contributed by atoms with Crippen LogP contribution in [0.5, 0.6) is 0 Å². The number of nitro benzene ring substituents is 1. The van der Waals surface area contributed by atoms with Crippen LogP contribution in [-0.2, 0) is 15.8 Å². The SMILES string of the molecule is CCSCc1ccc(C(=O)NS(=O)(=O)c2cc([N+](=O)[O-])ccc2C)cc1. The summed E-state index contributed by atoms with van der Waals surface area (Å²) in [6.07, 6.45) is 0. The highest BCUT2D eigenvalue weighted by Crippen LogP contribution is 2.22. The third-order valence-electron chi connectivity index (χ3n) is 3.59. The minimum absolute atomic E-state index is 0.196. The number of hydrogen-bond donors (Lipinski definition) is 1. The maximum atomic E-state index is 12.5. The first-order valence-electron chi connectivity index (χ1n) is 7.73. The van der Waals surface area contributed by atoms with Gasteiger partial charge in [-0.3, -0.25) is 14.9 Å². The molecule has 26 heavy (non-hydrogen) atoms. The van der Waals surface area contributed by atoms with Gasteiger partial charge in [0.1, 0.15) is 0 Å². The van der Waals surface area contributed by atoms with E-state index in [1.165, 1.54) is 19.1 Å². The molecule has 1 N–H and O–H groups in total. The molecular weight excluding hydrogens is 376 g/mol. The Bertz CT molecular complexity index is 925. The molecule has 0 saturated carbocycles. The maximum absolute atomic E-state index is 12.5. The van der Waals surface area contributed by atoms with Crippen molar-refractivity contribution in [2.24, 2.45) is 0 Å². The zero-order valence-electron chi connectivity index (χ0n) is 14.3. The number of rotatable bonds is 7. The van der Waals surface area contributed by atoms with Crippen molar-refractivity contribution in [3.05, 3.63) is 69.3 Å². The fraction of sp³-hybridized carbons (Fsp3) is 0.235. The number of nitro groups is 1. The molecule has 1 amide bonds. The molecule has 2 rings (SSSR count). The standard InChI is InChI=1S/C17H18N2O5S2/c1-3-25-11-13-5-7-14(8-6-13)17(20)18-26(23,24)16-10-15(19(21)22)9-4-12(16)2/h4-10H,3,11H2,1-2H3,(H,18,20). The van der Waals surface area contributed by atoms with Crippen LogP contribution >= 0.6 is 11.8 Å². The highest BCUT2D eigenvalue weighted by atomic mass is 32.2. The molecule has 0 aromatic heterocycles. The van der Waals surface area contributed by atoms with Gasteiger partial charge in [0.15, 0.2) is 0 Å². The summed E-state index contributed by atoms with van der Waals surface area (Å²) in [5.41, 5.74) is 1.18.